The summed E-state index contributed by atoms with van der Waals surface area (Å²) in [4.78, 5) is 32.1. The van der Waals surface area contributed by atoms with Gasteiger partial charge in [0.25, 0.3) is 5.91 Å². The molecule has 2 saturated heterocycles. The summed E-state index contributed by atoms with van der Waals surface area (Å²) in [7, 11) is 0. The van der Waals surface area contributed by atoms with Crippen molar-refractivity contribution in [3.05, 3.63) is 17.8 Å². The smallest absolute Gasteiger partial charge is 0.275 e. The van der Waals surface area contributed by atoms with Crippen LogP contribution in [0.25, 0.3) is 0 Å². The molecule has 1 aromatic heterocycles. The Balaban J connectivity index is 1.69. The largest absolute Gasteiger partial charge is 0.448 e. The molecule has 0 bridgehead atoms. The first-order valence-electron chi connectivity index (χ1n) is 8.39. The summed E-state index contributed by atoms with van der Waals surface area (Å²) in [6.07, 6.45) is 3.84. The van der Waals surface area contributed by atoms with Gasteiger partial charge >= 0.3 is 0 Å². The van der Waals surface area contributed by atoms with Crippen LogP contribution in [-0.4, -0.2) is 63.5 Å². The maximum absolute atomic E-state index is 12.5. The molecule has 24 heavy (non-hydrogen) atoms. The van der Waals surface area contributed by atoms with Crippen LogP contribution in [-0.2, 0) is 4.79 Å². The molecule has 7 nitrogen and oxygen atoms in total. The summed E-state index contributed by atoms with van der Waals surface area (Å²) in [5.41, 5.74) is -0.165. The van der Waals surface area contributed by atoms with Crippen LogP contribution in [0.3, 0.4) is 0 Å². The number of aliphatic hydroxyl groups is 1. The predicted octanol–water partition coefficient (Wildman–Crippen LogP) is 1.21. The van der Waals surface area contributed by atoms with Crippen molar-refractivity contribution in [1.29, 1.82) is 0 Å². The van der Waals surface area contributed by atoms with Crippen molar-refractivity contribution in [2.45, 2.75) is 45.6 Å². The number of aryl methyl sites for hydroxylation is 1. The third-order valence-corrected chi connectivity index (χ3v) is 5.57. The van der Waals surface area contributed by atoms with Gasteiger partial charge in [-0.05, 0) is 31.6 Å². The number of hydrogen-bond donors (Lipinski definition) is 1. The molecular formula is C17H25N3O4. The highest BCUT2D eigenvalue weighted by Gasteiger charge is 2.52. The molecular weight excluding hydrogens is 310 g/mol. The standard InChI is InChI=1S/C17H25N3O4/c1-12-18-14(8-24-12)15(23)19-6-4-17(5-7-19)9-16(3,11-21)20(10-17)13(2)22/h8,21H,4-7,9-11H2,1-3H3/t16-/m0/s1. The molecule has 1 aromatic rings. The molecule has 0 radical (unpaired) electrons. The second-order valence-corrected chi connectivity index (χ2v) is 7.48. The maximum atomic E-state index is 12.5. The van der Waals surface area contributed by atoms with Crippen LogP contribution in [0.4, 0.5) is 0 Å². The number of nitrogens with zero attached hydrogens (tertiary/aromatic N) is 3. The van der Waals surface area contributed by atoms with Crippen LogP contribution in [0.5, 0.6) is 0 Å². The van der Waals surface area contributed by atoms with Crippen molar-refractivity contribution >= 4 is 11.8 Å². The third kappa shape index (κ3) is 2.81. The van der Waals surface area contributed by atoms with Gasteiger partial charge in [-0.15, -0.1) is 0 Å². The quantitative estimate of drug-likeness (QED) is 0.878. The van der Waals surface area contributed by atoms with E-state index < -0.39 is 5.54 Å². The van der Waals surface area contributed by atoms with Gasteiger partial charge in [0.05, 0.1) is 12.1 Å². The number of hydrogen-bond acceptors (Lipinski definition) is 5. The molecule has 1 atom stereocenters. The Bertz CT molecular complexity index is 648. The molecule has 1 N–H and O–H groups in total. The third-order valence-electron chi connectivity index (χ3n) is 5.57. The number of aromatic nitrogens is 1. The topological polar surface area (TPSA) is 86.9 Å². The summed E-state index contributed by atoms with van der Waals surface area (Å²) >= 11 is 0. The normalized spacial score (nSPS) is 26.2. The Morgan fingerprint density at radius 3 is 2.50 bits per heavy atom. The molecule has 132 valence electrons. The zero-order valence-corrected chi connectivity index (χ0v) is 14.5. The van der Waals surface area contributed by atoms with E-state index in [1.807, 2.05) is 6.92 Å². The number of likely N-dealkylation sites (tertiary alicyclic amines) is 2. The second kappa shape index (κ2) is 5.88. The molecule has 2 aliphatic rings. The van der Waals surface area contributed by atoms with Crippen molar-refractivity contribution in [2.24, 2.45) is 5.41 Å². The van der Waals surface area contributed by atoms with E-state index >= 15 is 0 Å². The number of aliphatic hydroxyl groups excluding tert-OH is 1. The summed E-state index contributed by atoms with van der Waals surface area (Å²) in [6.45, 7) is 7.11. The molecule has 2 amide bonds. The van der Waals surface area contributed by atoms with E-state index in [2.05, 4.69) is 4.98 Å². The number of oxazole rings is 1. The van der Waals surface area contributed by atoms with Crippen molar-refractivity contribution in [3.63, 3.8) is 0 Å². The molecule has 3 heterocycles. The highest BCUT2D eigenvalue weighted by Crippen LogP contribution is 2.48. The fourth-order valence-corrected chi connectivity index (χ4v) is 4.26. The van der Waals surface area contributed by atoms with E-state index in [-0.39, 0.29) is 23.8 Å². The lowest BCUT2D eigenvalue weighted by Crippen LogP contribution is -2.46. The van der Waals surface area contributed by atoms with Crippen molar-refractivity contribution in [2.75, 3.05) is 26.2 Å². The predicted molar refractivity (Wildman–Crippen MR) is 86.3 cm³/mol. The number of amides is 2. The fourth-order valence-electron chi connectivity index (χ4n) is 4.26. The Morgan fingerprint density at radius 2 is 2.04 bits per heavy atom. The van der Waals surface area contributed by atoms with Gasteiger partial charge in [-0.25, -0.2) is 4.98 Å². The molecule has 0 aliphatic carbocycles. The minimum atomic E-state index is -0.499. The first kappa shape index (κ1) is 17.0. The molecule has 0 aromatic carbocycles. The average Bonchev–Trinajstić information content (AvgIpc) is 3.10. The molecule has 3 rings (SSSR count). The van der Waals surface area contributed by atoms with E-state index in [4.69, 9.17) is 4.42 Å². The van der Waals surface area contributed by atoms with Crippen molar-refractivity contribution < 1.29 is 19.1 Å². The van der Waals surface area contributed by atoms with Gasteiger partial charge in [-0.2, -0.15) is 0 Å². The number of piperidine rings is 1. The Labute approximate surface area is 141 Å². The summed E-state index contributed by atoms with van der Waals surface area (Å²) in [5.74, 6) is 0.381. The lowest BCUT2D eigenvalue weighted by atomic mass is 9.74. The number of carbonyl (C=O) groups is 2. The maximum Gasteiger partial charge on any atom is 0.275 e. The van der Waals surface area contributed by atoms with E-state index in [1.54, 1.807) is 23.6 Å². The second-order valence-electron chi connectivity index (χ2n) is 7.48. The van der Waals surface area contributed by atoms with Gasteiger partial charge < -0.3 is 19.3 Å². The molecule has 1 spiro atoms. The molecule has 0 unspecified atom stereocenters. The fraction of sp³-hybridized carbons (Fsp3) is 0.706. The Hall–Kier alpha value is -1.89. The van der Waals surface area contributed by atoms with E-state index in [0.717, 1.165) is 19.3 Å². The first-order chi connectivity index (χ1) is 11.3. The van der Waals surface area contributed by atoms with Crippen LogP contribution in [0.2, 0.25) is 0 Å². The highest BCUT2D eigenvalue weighted by molar-refractivity contribution is 5.92. The minimum absolute atomic E-state index is 0.00000307. The molecule has 0 saturated carbocycles. The van der Waals surface area contributed by atoms with Crippen molar-refractivity contribution in [1.82, 2.24) is 14.8 Å². The van der Waals surface area contributed by atoms with Crippen LogP contribution < -0.4 is 0 Å². The van der Waals surface area contributed by atoms with Gasteiger partial charge in [0.1, 0.15) is 6.26 Å². The van der Waals surface area contributed by atoms with Crippen LogP contribution in [0, 0.1) is 12.3 Å². The zero-order chi connectivity index (χ0) is 17.5. The molecule has 2 fully saturated rings. The van der Waals surface area contributed by atoms with Gasteiger partial charge in [0, 0.05) is 33.5 Å². The van der Waals surface area contributed by atoms with E-state index in [9.17, 15) is 14.7 Å². The number of carbonyl (C=O) groups excluding carboxylic acids is 2. The highest BCUT2D eigenvalue weighted by atomic mass is 16.3. The van der Waals surface area contributed by atoms with Crippen LogP contribution in [0.15, 0.2) is 10.7 Å². The van der Waals surface area contributed by atoms with E-state index in [1.165, 1.54) is 6.26 Å². The summed E-state index contributed by atoms with van der Waals surface area (Å²) < 4.78 is 5.12. The Kier molecular flexibility index (Phi) is 4.15. The van der Waals surface area contributed by atoms with E-state index in [0.29, 0.717) is 31.2 Å². The first-order valence-corrected chi connectivity index (χ1v) is 8.39. The van der Waals surface area contributed by atoms with Gasteiger partial charge in [0.15, 0.2) is 11.6 Å². The Morgan fingerprint density at radius 1 is 1.38 bits per heavy atom. The lowest BCUT2D eigenvalue weighted by Gasteiger charge is -2.39. The van der Waals surface area contributed by atoms with Crippen LogP contribution in [0.1, 0.15) is 49.5 Å². The summed E-state index contributed by atoms with van der Waals surface area (Å²) in [6, 6.07) is 0. The van der Waals surface area contributed by atoms with Gasteiger partial charge in [0.2, 0.25) is 5.91 Å². The van der Waals surface area contributed by atoms with Crippen LogP contribution >= 0.6 is 0 Å². The van der Waals surface area contributed by atoms with Gasteiger partial charge in [-0.3, -0.25) is 9.59 Å². The monoisotopic (exact) mass is 335 g/mol. The number of rotatable bonds is 2. The summed E-state index contributed by atoms with van der Waals surface area (Å²) in [5, 5.41) is 9.77. The lowest BCUT2D eigenvalue weighted by molar-refractivity contribution is -0.134. The molecule has 2 aliphatic heterocycles. The zero-order valence-electron chi connectivity index (χ0n) is 14.5. The molecule has 7 heteroatoms. The SMILES string of the molecule is CC(=O)N1CC2(CCN(C(=O)c3coc(C)n3)CC2)C[C@@]1(C)CO. The van der Waals surface area contributed by atoms with Crippen molar-refractivity contribution in [3.8, 4) is 0 Å². The average molecular weight is 335 g/mol. The minimum Gasteiger partial charge on any atom is -0.448 e. The van der Waals surface area contributed by atoms with Gasteiger partial charge in [-0.1, -0.05) is 0 Å².